The van der Waals surface area contributed by atoms with Gasteiger partial charge >= 0.3 is 0 Å². The van der Waals surface area contributed by atoms with Crippen LogP contribution in [0.15, 0.2) is 23.4 Å². The van der Waals surface area contributed by atoms with Gasteiger partial charge in [-0.2, -0.15) is 16.1 Å². The molecule has 8 heteroatoms. The molecule has 0 amide bonds. The zero-order chi connectivity index (χ0) is 13.0. The molecule has 1 fully saturated rings. The molecule has 0 aromatic carbocycles. The zero-order valence-electron chi connectivity index (χ0n) is 9.87. The summed E-state index contributed by atoms with van der Waals surface area (Å²) in [6, 6.07) is 1.56. The summed E-state index contributed by atoms with van der Waals surface area (Å²) >= 11 is 1.78. The molecule has 2 rings (SSSR count). The highest BCUT2D eigenvalue weighted by Crippen LogP contribution is 2.24. The van der Waals surface area contributed by atoms with Gasteiger partial charge < -0.3 is 5.43 Å². The first-order valence-electron chi connectivity index (χ1n) is 5.65. The Bertz CT molecular complexity index is 498. The third-order valence-electron chi connectivity index (χ3n) is 2.74. The number of hydrazine groups is 1. The average Bonchev–Trinajstić information content (AvgIpc) is 2.68. The van der Waals surface area contributed by atoms with Crippen LogP contribution in [0.25, 0.3) is 0 Å². The van der Waals surface area contributed by atoms with E-state index in [1.54, 1.807) is 17.8 Å². The highest BCUT2D eigenvalue weighted by Gasteiger charge is 2.27. The first-order valence-corrected chi connectivity index (χ1v) is 8.24. The number of thioether (sulfide) groups is 1. The Morgan fingerprint density at radius 2 is 2.22 bits per heavy atom. The van der Waals surface area contributed by atoms with Crippen molar-refractivity contribution in [3.63, 3.8) is 0 Å². The third kappa shape index (κ3) is 2.77. The summed E-state index contributed by atoms with van der Waals surface area (Å²) in [6.07, 6.45) is 3.71. The molecule has 1 aliphatic rings. The lowest BCUT2D eigenvalue weighted by Gasteiger charge is -2.20. The van der Waals surface area contributed by atoms with Crippen LogP contribution in [0.1, 0.15) is 6.42 Å². The number of hydrogen-bond donors (Lipinski definition) is 2. The minimum Gasteiger partial charge on any atom is -0.323 e. The fourth-order valence-corrected chi connectivity index (χ4v) is 4.39. The second kappa shape index (κ2) is 5.87. The van der Waals surface area contributed by atoms with Crippen LogP contribution in [-0.2, 0) is 10.0 Å². The smallest absolute Gasteiger partial charge is 0.246 e. The standard InChI is InChI=1S/C10H16N4O2S2/c11-13-9-2-3-12-8-10(9)18(15,16)14-4-1-6-17-7-5-14/h2-3,8H,1,4-7,11H2,(H,12,13). The van der Waals surface area contributed by atoms with E-state index in [1.807, 2.05) is 0 Å². The summed E-state index contributed by atoms with van der Waals surface area (Å²) in [7, 11) is -3.51. The zero-order valence-corrected chi connectivity index (χ0v) is 11.5. The molecule has 100 valence electrons. The van der Waals surface area contributed by atoms with Gasteiger partial charge in [0.15, 0.2) is 0 Å². The molecule has 1 aromatic rings. The maximum Gasteiger partial charge on any atom is 0.246 e. The molecule has 1 aliphatic heterocycles. The monoisotopic (exact) mass is 288 g/mol. The van der Waals surface area contributed by atoms with Gasteiger partial charge in [0.2, 0.25) is 10.0 Å². The molecule has 18 heavy (non-hydrogen) atoms. The lowest BCUT2D eigenvalue weighted by Crippen LogP contribution is -2.33. The predicted octanol–water partition coefficient (Wildman–Crippen LogP) is 0.495. The van der Waals surface area contributed by atoms with Crippen LogP contribution < -0.4 is 11.3 Å². The van der Waals surface area contributed by atoms with Gasteiger partial charge in [-0.1, -0.05) is 0 Å². The summed E-state index contributed by atoms with van der Waals surface area (Å²) in [4.78, 5) is 4.01. The van der Waals surface area contributed by atoms with Gasteiger partial charge in [0.05, 0.1) is 5.69 Å². The van der Waals surface area contributed by atoms with Gasteiger partial charge in [-0.05, 0) is 18.2 Å². The Labute approximate surface area is 111 Å². The number of pyridine rings is 1. The van der Waals surface area contributed by atoms with E-state index in [2.05, 4.69) is 10.4 Å². The lowest BCUT2D eigenvalue weighted by atomic mass is 10.4. The van der Waals surface area contributed by atoms with Crippen LogP contribution in [0.5, 0.6) is 0 Å². The fourth-order valence-electron chi connectivity index (χ4n) is 1.81. The minimum absolute atomic E-state index is 0.138. The number of aromatic nitrogens is 1. The lowest BCUT2D eigenvalue weighted by molar-refractivity contribution is 0.435. The molecule has 0 atom stereocenters. The van der Waals surface area contributed by atoms with Crippen molar-refractivity contribution in [3.05, 3.63) is 18.5 Å². The van der Waals surface area contributed by atoms with Gasteiger partial charge in [0, 0.05) is 31.2 Å². The number of anilines is 1. The number of nitrogens with two attached hydrogens (primary N) is 1. The number of rotatable bonds is 3. The maximum absolute atomic E-state index is 12.5. The van der Waals surface area contributed by atoms with Crippen molar-refractivity contribution in [2.75, 3.05) is 30.0 Å². The number of nitrogens with one attached hydrogen (secondary N) is 1. The van der Waals surface area contributed by atoms with Crippen molar-refractivity contribution >= 4 is 27.5 Å². The van der Waals surface area contributed by atoms with Gasteiger partial charge in [0.1, 0.15) is 4.90 Å². The second-order valence-electron chi connectivity index (χ2n) is 3.89. The van der Waals surface area contributed by atoms with Gasteiger partial charge in [-0.3, -0.25) is 10.8 Å². The molecule has 2 heterocycles. The summed E-state index contributed by atoms with van der Waals surface area (Å²) in [5, 5.41) is 0. The summed E-state index contributed by atoms with van der Waals surface area (Å²) in [5.74, 6) is 7.17. The number of nitrogens with zero attached hydrogens (tertiary/aromatic N) is 2. The van der Waals surface area contributed by atoms with Crippen molar-refractivity contribution in [1.29, 1.82) is 0 Å². The van der Waals surface area contributed by atoms with Crippen molar-refractivity contribution in [2.24, 2.45) is 5.84 Å². The van der Waals surface area contributed by atoms with Crippen molar-refractivity contribution in [1.82, 2.24) is 9.29 Å². The van der Waals surface area contributed by atoms with Gasteiger partial charge in [-0.15, -0.1) is 0 Å². The van der Waals surface area contributed by atoms with E-state index in [0.717, 1.165) is 17.9 Å². The average molecular weight is 288 g/mol. The van der Waals surface area contributed by atoms with E-state index in [1.165, 1.54) is 16.7 Å². The van der Waals surface area contributed by atoms with Gasteiger partial charge in [-0.25, -0.2) is 8.42 Å². The molecule has 0 spiro atoms. The number of hydrogen-bond acceptors (Lipinski definition) is 6. The summed E-state index contributed by atoms with van der Waals surface area (Å²) < 4.78 is 26.5. The first-order chi connectivity index (χ1) is 8.66. The molecule has 1 saturated heterocycles. The Kier molecular flexibility index (Phi) is 4.44. The third-order valence-corrected chi connectivity index (χ3v) is 5.71. The van der Waals surface area contributed by atoms with Crippen LogP contribution in [0.3, 0.4) is 0 Å². The summed E-state index contributed by atoms with van der Waals surface area (Å²) in [5.41, 5.74) is 2.78. The largest absolute Gasteiger partial charge is 0.323 e. The van der Waals surface area contributed by atoms with Crippen molar-refractivity contribution < 1.29 is 8.42 Å². The molecule has 3 N–H and O–H groups in total. The SMILES string of the molecule is NNc1ccncc1S(=O)(=O)N1CCCSCC1. The van der Waals surface area contributed by atoms with E-state index in [9.17, 15) is 8.42 Å². The maximum atomic E-state index is 12.5. The molecule has 6 nitrogen and oxygen atoms in total. The molecule has 0 bridgehead atoms. The van der Waals surface area contributed by atoms with Crippen LogP contribution in [0, 0.1) is 0 Å². The topological polar surface area (TPSA) is 88.3 Å². The Morgan fingerprint density at radius 1 is 1.39 bits per heavy atom. The van der Waals surface area contributed by atoms with Crippen LogP contribution >= 0.6 is 11.8 Å². The van der Waals surface area contributed by atoms with Crippen LogP contribution in [0.2, 0.25) is 0 Å². The first kappa shape index (κ1) is 13.6. The Morgan fingerprint density at radius 3 is 3.00 bits per heavy atom. The molecule has 0 aliphatic carbocycles. The highest BCUT2D eigenvalue weighted by molar-refractivity contribution is 7.99. The normalized spacial score (nSPS) is 18.3. The Hall–Kier alpha value is -0.830. The van der Waals surface area contributed by atoms with Crippen LogP contribution in [-0.4, -0.2) is 42.3 Å². The Balaban J connectivity index is 2.34. The second-order valence-corrected chi connectivity index (χ2v) is 7.02. The van der Waals surface area contributed by atoms with E-state index < -0.39 is 10.0 Å². The van der Waals surface area contributed by atoms with Crippen molar-refractivity contribution in [2.45, 2.75) is 11.3 Å². The van der Waals surface area contributed by atoms with Gasteiger partial charge in [0.25, 0.3) is 0 Å². The number of sulfonamides is 1. The highest BCUT2D eigenvalue weighted by atomic mass is 32.2. The van der Waals surface area contributed by atoms with E-state index >= 15 is 0 Å². The molecular weight excluding hydrogens is 272 g/mol. The number of nitrogen functional groups attached to an aromatic ring is 1. The fraction of sp³-hybridized carbons (Fsp3) is 0.500. The van der Waals surface area contributed by atoms with E-state index in [-0.39, 0.29) is 4.90 Å². The predicted molar refractivity (Wildman–Crippen MR) is 72.7 cm³/mol. The molecule has 0 radical (unpaired) electrons. The van der Waals surface area contributed by atoms with Crippen LogP contribution in [0.4, 0.5) is 5.69 Å². The van der Waals surface area contributed by atoms with Crippen molar-refractivity contribution in [3.8, 4) is 0 Å². The molecule has 1 aromatic heterocycles. The quantitative estimate of drug-likeness (QED) is 0.622. The van der Waals surface area contributed by atoms with E-state index in [0.29, 0.717) is 18.8 Å². The molecular formula is C10H16N4O2S2. The minimum atomic E-state index is -3.51. The molecule has 0 saturated carbocycles. The molecule has 0 unspecified atom stereocenters. The summed E-state index contributed by atoms with van der Waals surface area (Å²) in [6.45, 7) is 1.08. The van der Waals surface area contributed by atoms with E-state index in [4.69, 9.17) is 5.84 Å².